The minimum atomic E-state index is 0.220. The Morgan fingerprint density at radius 3 is 2.15 bits per heavy atom. The van der Waals surface area contributed by atoms with Gasteiger partial charge in [0, 0.05) is 0 Å². The second-order valence-electron chi connectivity index (χ2n) is 8.45. The molecule has 0 bridgehead atoms. The first-order valence-electron chi connectivity index (χ1n) is 7.74. The minimum absolute atomic E-state index is 0.220. The highest BCUT2D eigenvalue weighted by Gasteiger charge is 2.36. The summed E-state index contributed by atoms with van der Waals surface area (Å²) in [7, 11) is 0. The molecule has 0 N–H and O–H groups in total. The first-order valence-corrected chi connectivity index (χ1v) is 7.74. The van der Waals surface area contributed by atoms with Crippen LogP contribution in [0.2, 0.25) is 0 Å². The van der Waals surface area contributed by atoms with Gasteiger partial charge in [-0.2, -0.15) is 0 Å². The maximum Gasteiger partial charge on any atom is -0.00638 e. The summed E-state index contributed by atoms with van der Waals surface area (Å²) in [5.41, 5.74) is 5.19. The lowest BCUT2D eigenvalue weighted by molar-refractivity contribution is 0.294. The zero-order valence-electron chi connectivity index (χ0n) is 13.7. The van der Waals surface area contributed by atoms with E-state index in [1.54, 1.807) is 11.1 Å². The van der Waals surface area contributed by atoms with Gasteiger partial charge in [-0.15, -0.1) is 0 Å². The van der Waals surface area contributed by atoms with Crippen LogP contribution in [0.1, 0.15) is 64.2 Å². The third-order valence-electron chi connectivity index (χ3n) is 4.84. The molecule has 3 rings (SSSR count). The summed E-state index contributed by atoms with van der Waals surface area (Å²) in [6.45, 7) is 14.0. The van der Waals surface area contributed by atoms with Crippen molar-refractivity contribution in [3.8, 4) is 0 Å². The van der Waals surface area contributed by atoms with Crippen molar-refractivity contribution in [1.29, 1.82) is 0 Å². The summed E-state index contributed by atoms with van der Waals surface area (Å²) < 4.78 is 0. The van der Waals surface area contributed by atoms with Gasteiger partial charge >= 0.3 is 0 Å². The van der Waals surface area contributed by atoms with E-state index >= 15 is 0 Å². The van der Waals surface area contributed by atoms with E-state index in [1.165, 1.54) is 22.8 Å². The largest absolute Gasteiger partial charge is 0.0596 e. The van der Waals surface area contributed by atoms with Crippen molar-refractivity contribution < 1.29 is 0 Å². The van der Waals surface area contributed by atoms with Gasteiger partial charge in [0.15, 0.2) is 0 Å². The van der Waals surface area contributed by atoms with E-state index in [0.717, 1.165) is 0 Å². The Morgan fingerprint density at radius 2 is 1.55 bits per heavy atom. The summed E-state index contributed by atoms with van der Waals surface area (Å²) >= 11 is 0. The third-order valence-corrected chi connectivity index (χ3v) is 4.84. The molecule has 0 heteroatoms. The monoisotopic (exact) mass is 266 g/mol. The predicted molar refractivity (Wildman–Crippen MR) is 88.5 cm³/mol. The molecule has 2 aromatic rings. The van der Waals surface area contributed by atoms with Gasteiger partial charge in [-0.3, -0.25) is 0 Å². The standard InChI is InChI=1S/C20H26/c1-19(2,3)15-10-9-13-7-8-14-11-17(20(4,5)6)18(14)16(13)12-15/h7-10,12,17H,11H2,1-6H3. The molecule has 1 atom stereocenters. The van der Waals surface area contributed by atoms with Crippen molar-refractivity contribution in [3.63, 3.8) is 0 Å². The molecule has 0 nitrogen and oxygen atoms in total. The van der Waals surface area contributed by atoms with Gasteiger partial charge in [0.2, 0.25) is 0 Å². The molecule has 0 radical (unpaired) electrons. The molecule has 1 aliphatic carbocycles. The average molecular weight is 266 g/mol. The summed E-state index contributed by atoms with van der Waals surface area (Å²) in [5, 5.41) is 2.88. The van der Waals surface area contributed by atoms with Crippen LogP contribution in [0.25, 0.3) is 10.8 Å². The lowest BCUT2D eigenvalue weighted by Crippen LogP contribution is -2.29. The van der Waals surface area contributed by atoms with Gasteiger partial charge in [-0.1, -0.05) is 71.9 Å². The molecule has 106 valence electrons. The summed E-state index contributed by atoms with van der Waals surface area (Å²) in [6, 6.07) is 11.6. The van der Waals surface area contributed by atoms with Crippen molar-refractivity contribution in [2.45, 2.75) is 59.3 Å². The number of benzene rings is 2. The van der Waals surface area contributed by atoms with E-state index < -0.39 is 0 Å². The molecular weight excluding hydrogens is 240 g/mol. The molecular formula is C20H26. The Morgan fingerprint density at radius 1 is 0.900 bits per heavy atom. The highest BCUT2D eigenvalue weighted by Crippen LogP contribution is 2.49. The van der Waals surface area contributed by atoms with Crippen molar-refractivity contribution in [2.24, 2.45) is 5.41 Å². The molecule has 20 heavy (non-hydrogen) atoms. The number of hydrogen-bond acceptors (Lipinski definition) is 0. The van der Waals surface area contributed by atoms with Crippen LogP contribution in [-0.4, -0.2) is 0 Å². The lowest BCUT2D eigenvalue weighted by Gasteiger charge is -2.41. The van der Waals surface area contributed by atoms with Gasteiger partial charge in [-0.25, -0.2) is 0 Å². The molecule has 0 amide bonds. The maximum atomic E-state index is 2.44. The van der Waals surface area contributed by atoms with E-state index in [1.807, 2.05) is 0 Å². The second kappa shape index (κ2) is 4.10. The fraction of sp³-hybridized carbons (Fsp3) is 0.500. The Hall–Kier alpha value is -1.30. The van der Waals surface area contributed by atoms with Crippen LogP contribution in [0.15, 0.2) is 30.3 Å². The molecule has 0 aliphatic heterocycles. The van der Waals surface area contributed by atoms with E-state index in [4.69, 9.17) is 0 Å². The Bertz CT molecular complexity index is 663. The highest BCUT2D eigenvalue weighted by molar-refractivity contribution is 5.89. The smallest absolute Gasteiger partial charge is 0.00638 e. The molecule has 0 saturated heterocycles. The van der Waals surface area contributed by atoms with E-state index in [2.05, 4.69) is 71.9 Å². The van der Waals surface area contributed by atoms with Crippen LogP contribution >= 0.6 is 0 Å². The lowest BCUT2D eigenvalue weighted by atomic mass is 9.63. The zero-order valence-corrected chi connectivity index (χ0v) is 13.7. The van der Waals surface area contributed by atoms with Crippen molar-refractivity contribution in [1.82, 2.24) is 0 Å². The Balaban J connectivity index is 2.22. The van der Waals surface area contributed by atoms with Crippen LogP contribution < -0.4 is 0 Å². The van der Waals surface area contributed by atoms with Gasteiger partial charge < -0.3 is 0 Å². The molecule has 0 saturated carbocycles. The Labute approximate surface area is 123 Å². The van der Waals surface area contributed by atoms with Gasteiger partial charge in [0.05, 0.1) is 0 Å². The van der Waals surface area contributed by atoms with Gasteiger partial charge in [0.1, 0.15) is 0 Å². The average Bonchev–Trinajstić information content (AvgIpc) is 2.25. The van der Waals surface area contributed by atoms with E-state index in [9.17, 15) is 0 Å². The van der Waals surface area contributed by atoms with Gasteiger partial charge in [-0.05, 0) is 50.6 Å². The fourth-order valence-electron chi connectivity index (χ4n) is 3.37. The van der Waals surface area contributed by atoms with Gasteiger partial charge in [0.25, 0.3) is 0 Å². The summed E-state index contributed by atoms with van der Waals surface area (Å²) in [6.07, 6.45) is 1.24. The first-order chi connectivity index (χ1) is 9.18. The van der Waals surface area contributed by atoms with Crippen molar-refractivity contribution in [3.05, 3.63) is 47.0 Å². The van der Waals surface area contributed by atoms with E-state index in [-0.39, 0.29) is 5.41 Å². The first kappa shape index (κ1) is 13.7. The molecule has 1 aliphatic rings. The molecule has 0 aromatic heterocycles. The fourth-order valence-corrected chi connectivity index (χ4v) is 3.37. The molecule has 0 spiro atoms. The van der Waals surface area contributed by atoms with Crippen LogP contribution in [-0.2, 0) is 11.8 Å². The predicted octanol–water partition coefficient (Wildman–Crippen LogP) is 5.82. The highest BCUT2D eigenvalue weighted by atomic mass is 14.4. The zero-order chi connectivity index (χ0) is 14.7. The maximum absolute atomic E-state index is 2.44. The number of rotatable bonds is 0. The number of hydrogen-bond donors (Lipinski definition) is 0. The van der Waals surface area contributed by atoms with Crippen LogP contribution in [0.3, 0.4) is 0 Å². The summed E-state index contributed by atoms with van der Waals surface area (Å²) in [5.74, 6) is 0.705. The third kappa shape index (κ3) is 2.06. The van der Waals surface area contributed by atoms with Crippen LogP contribution in [0, 0.1) is 5.41 Å². The van der Waals surface area contributed by atoms with Crippen LogP contribution in [0.4, 0.5) is 0 Å². The van der Waals surface area contributed by atoms with Crippen molar-refractivity contribution in [2.75, 3.05) is 0 Å². The molecule has 0 fully saturated rings. The molecule has 1 unspecified atom stereocenters. The Kier molecular flexibility index (Phi) is 2.80. The summed E-state index contributed by atoms with van der Waals surface area (Å²) in [4.78, 5) is 0. The van der Waals surface area contributed by atoms with Crippen molar-refractivity contribution >= 4 is 10.8 Å². The quantitative estimate of drug-likeness (QED) is 0.563. The van der Waals surface area contributed by atoms with Crippen LogP contribution in [0.5, 0.6) is 0 Å². The molecule has 2 aromatic carbocycles. The second-order valence-corrected chi connectivity index (χ2v) is 8.45. The normalized spacial score (nSPS) is 18.8. The number of fused-ring (bicyclic) bond motifs is 3. The minimum Gasteiger partial charge on any atom is -0.0596 e. The van der Waals surface area contributed by atoms with E-state index in [0.29, 0.717) is 11.3 Å². The topological polar surface area (TPSA) is 0 Å². The SMILES string of the molecule is CC(C)(C)c1ccc2ccc3c(c2c1)C(C(C)(C)C)C3. The molecule has 0 heterocycles.